The second kappa shape index (κ2) is 11.3. The van der Waals surface area contributed by atoms with Gasteiger partial charge in [0.15, 0.2) is 17.6 Å². The van der Waals surface area contributed by atoms with Crippen LogP contribution in [0, 0.1) is 11.6 Å². The van der Waals surface area contributed by atoms with Crippen molar-refractivity contribution in [3.05, 3.63) is 66.2 Å². The number of hydrogen-bond acceptors (Lipinski definition) is 6. The Kier molecular flexibility index (Phi) is 8.12. The molecule has 10 heteroatoms. The summed E-state index contributed by atoms with van der Waals surface area (Å²) >= 11 is 1.09. The lowest BCUT2D eigenvalue weighted by molar-refractivity contribution is -0.120. The maximum absolute atomic E-state index is 14.3. The van der Waals surface area contributed by atoms with Gasteiger partial charge < -0.3 is 9.47 Å². The maximum Gasteiger partial charge on any atom is 0.266 e. The van der Waals surface area contributed by atoms with E-state index in [1.807, 2.05) is 42.5 Å². The van der Waals surface area contributed by atoms with Crippen LogP contribution in [0.15, 0.2) is 54.6 Å². The molecule has 5 rings (SSSR count). The molecule has 0 radical (unpaired) electrons. The first kappa shape index (κ1) is 25.2. The predicted molar refractivity (Wildman–Crippen MR) is 136 cm³/mol. The Bertz CT molecular complexity index is 1330. The van der Waals surface area contributed by atoms with E-state index in [4.69, 9.17) is 9.47 Å². The predicted octanol–water partition coefficient (Wildman–Crippen LogP) is 4.89. The van der Waals surface area contributed by atoms with E-state index in [-0.39, 0.29) is 30.4 Å². The molecular weight excluding hydrogens is 496 g/mol. The molecule has 0 spiro atoms. The summed E-state index contributed by atoms with van der Waals surface area (Å²) in [6.45, 7) is 3.59. The van der Waals surface area contributed by atoms with Gasteiger partial charge in [0.1, 0.15) is 17.1 Å². The van der Waals surface area contributed by atoms with Crippen molar-refractivity contribution in [2.45, 2.75) is 0 Å². The van der Waals surface area contributed by atoms with Crippen molar-refractivity contribution in [1.82, 2.24) is 9.88 Å². The molecule has 6 nitrogen and oxygen atoms in total. The highest BCUT2D eigenvalue weighted by Crippen LogP contribution is 2.31. The highest BCUT2D eigenvalue weighted by molar-refractivity contribution is 7.22. The number of hydrogen-bond donors (Lipinski definition) is 0. The van der Waals surface area contributed by atoms with Crippen molar-refractivity contribution in [2.75, 3.05) is 50.9 Å². The zero-order chi connectivity index (χ0) is 23.5. The van der Waals surface area contributed by atoms with E-state index in [0.717, 1.165) is 41.3 Å². The van der Waals surface area contributed by atoms with Gasteiger partial charge in [-0.3, -0.25) is 14.6 Å². The third-order valence-corrected chi connectivity index (χ3v) is 6.79. The average molecular weight is 520 g/mol. The van der Waals surface area contributed by atoms with Crippen LogP contribution in [0.2, 0.25) is 0 Å². The van der Waals surface area contributed by atoms with Crippen LogP contribution in [-0.4, -0.2) is 61.8 Å². The third kappa shape index (κ3) is 5.87. The third-order valence-electron chi connectivity index (χ3n) is 5.76. The molecule has 0 N–H and O–H groups in total. The monoisotopic (exact) mass is 519 g/mol. The number of thiazole rings is 1. The van der Waals surface area contributed by atoms with Crippen molar-refractivity contribution in [2.24, 2.45) is 0 Å². The second-order valence-corrected chi connectivity index (χ2v) is 9.04. The fourth-order valence-corrected chi connectivity index (χ4v) is 4.98. The number of halogens is 3. The molecule has 184 valence electrons. The number of ether oxygens (including phenoxy) is 2. The number of aromatic nitrogens is 1. The minimum atomic E-state index is -0.745. The molecular formula is C25H24ClF2N3O3S. The van der Waals surface area contributed by atoms with Crippen LogP contribution < -0.4 is 9.64 Å². The smallest absolute Gasteiger partial charge is 0.266 e. The zero-order valence-corrected chi connectivity index (χ0v) is 20.4. The van der Waals surface area contributed by atoms with Crippen molar-refractivity contribution in [3.8, 4) is 5.75 Å². The molecule has 0 saturated carbocycles. The van der Waals surface area contributed by atoms with E-state index in [1.54, 1.807) is 0 Å². The van der Waals surface area contributed by atoms with E-state index in [1.165, 1.54) is 11.0 Å². The molecule has 1 saturated heterocycles. The molecule has 3 aromatic carbocycles. The number of carbonyl (C=O) groups excluding carboxylic acids is 1. The fraction of sp³-hybridized carbons (Fsp3) is 0.280. The van der Waals surface area contributed by atoms with Gasteiger partial charge in [-0.1, -0.05) is 41.7 Å². The molecule has 0 atom stereocenters. The van der Waals surface area contributed by atoms with Gasteiger partial charge in [-0.25, -0.2) is 13.8 Å². The summed E-state index contributed by atoms with van der Waals surface area (Å²) in [5.41, 5.74) is 0.0565. The van der Waals surface area contributed by atoms with Crippen LogP contribution in [0.5, 0.6) is 5.75 Å². The molecule has 35 heavy (non-hydrogen) atoms. The molecule has 1 aliphatic heterocycles. The number of nitrogens with zero attached hydrogens (tertiary/aromatic N) is 3. The van der Waals surface area contributed by atoms with Gasteiger partial charge in [-0.05, 0) is 29.0 Å². The lowest BCUT2D eigenvalue weighted by Crippen LogP contribution is -2.44. The van der Waals surface area contributed by atoms with Crippen molar-refractivity contribution in [3.63, 3.8) is 0 Å². The molecule has 2 heterocycles. The Balaban J connectivity index is 0.00000289. The Hall–Kier alpha value is -2.85. The minimum absolute atomic E-state index is 0. The van der Waals surface area contributed by atoms with E-state index in [0.29, 0.717) is 41.9 Å². The van der Waals surface area contributed by atoms with Crippen LogP contribution in [0.4, 0.5) is 13.9 Å². The quantitative estimate of drug-likeness (QED) is 0.348. The average Bonchev–Trinajstić information content (AvgIpc) is 3.27. The van der Waals surface area contributed by atoms with E-state index in [9.17, 15) is 13.6 Å². The Morgan fingerprint density at radius 3 is 2.66 bits per heavy atom. The van der Waals surface area contributed by atoms with Crippen LogP contribution in [0.25, 0.3) is 21.0 Å². The summed E-state index contributed by atoms with van der Waals surface area (Å²) in [6, 6.07) is 15.6. The first-order valence-corrected chi connectivity index (χ1v) is 11.9. The van der Waals surface area contributed by atoms with Gasteiger partial charge >= 0.3 is 0 Å². The van der Waals surface area contributed by atoms with Crippen LogP contribution in [-0.2, 0) is 9.53 Å². The van der Waals surface area contributed by atoms with Gasteiger partial charge in [-0.2, -0.15) is 0 Å². The number of morpholine rings is 1. The van der Waals surface area contributed by atoms with Gasteiger partial charge in [0.05, 0.1) is 17.9 Å². The normalized spacial score (nSPS) is 14.1. The van der Waals surface area contributed by atoms with Crippen molar-refractivity contribution >= 4 is 55.8 Å². The summed E-state index contributed by atoms with van der Waals surface area (Å²) in [4.78, 5) is 21.3. The Labute approximate surface area is 211 Å². The van der Waals surface area contributed by atoms with E-state index < -0.39 is 11.6 Å². The number of rotatable bonds is 7. The summed E-state index contributed by atoms with van der Waals surface area (Å²) in [7, 11) is 0. The zero-order valence-electron chi connectivity index (χ0n) is 18.8. The van der Waals surface area contributed by atoms with E-state index >= 15 is 0 Å². The molecule has 0 bridgehead atoms. The lowest BCUT2D eigenvalue weighted by atomic mass is 10.1. The topological polar surface area (TPSA) is 54.9 Å². The van der Waals surface area contributed by atoms with Crippen LogP contribution in [0.3, 0.4) is 0 Å². The van der Waals surface area contributed by atoms with Crippen LogP contribution in [0.1, 0.15) is 0 Å². The molecule has 1 aliphatic rings. The highest BCUT2D eigenvalue weighted by atomic mass is 35.5. The largest absolute Gasteiger partial charge is 0.484 e. The number of benzene rings is 3. The van der Waals surface area contributed by atoms with Gasteiger partial charge in [0, 0.05) is 32.2 Å². The molecule has 1 amide bonds. The van der Waals surface area contributed by atoms with E-state index in [2.05, 4.69) is 9.88 Å². The molecule has 0 aliphatic carbocycles. The SMILES string of the molecule is Cl.O=C(COc1ccc2ccccc2c1)N(CCN1CCOCC1)c1nc2c(F)cc(F)cc2s1. The van der Waals surface area contributed by atoms with Gasteiger partial charge in [0.25, 0.3) is 5.91 Å². The summed E-state index contributed by atoms with van der Waals surface area (Å²) in [6.07, 6.45) is 0. The highest BCUT2D eigenvalue weighted by Gasteiger charge is 2.23. The number of anilines is 1. The van der Waals surface area contributed by atoms with Crippen LogP contribution >= 0.6 is 23.7 Å². The Morgan fingerprint density at radius 2 is 1.86 bits per heavy atom. The van der Waals surface area contributed by atoms with Crippen molar-refractivity contribution in [1.29, 1.82) is 0 Å². The first-order chi connectivity index (χ1) is 16.6. The van der Waals surface area contributed by atoms with Gasteiger partial charge in [0.2, 0.25) is 0 Å². The fourth-order valence-electron chi connectivity index (χ4n) is 3.93. The first-order valence-electron chi connectivity index (χ1n) is 11.0. The number of fused-ring (bicyclic) bond motifs is 2. The summed E-state index contributed by atoms with van der Waals surface area (Å²) in [5, 5.41) is 2.41. The summed E-state index contributed by atoms with van der Waals surface area (Å²) < 4.78 is 39.5. The van der Waals surface area contributed by atoms with Crippen molar-refractivity contribution < 1.29 is 23.0 Å². The summed E-state index contributed by atoms with van der Waals surface area (Å²) in [5.74, 6) is -1.14. The number of carbonyl (C=O) groups is 1. The molecule has 1 aromatic heterocycles. The van der Waals surface area contributed by atoms with Gasteiger partial charge in [-0.15, -0.1) is 12.4 Å². The maximum atomic E-state index is 14.3. The molecule has 4 aromatic rings. The number of amides is 1. The Morgan fingerprint density at radius 1 is 1.09 bits per heavy atom. The lowest BCUT2D eigenvalue weighted by Gasteiger charge is -2.29. The molecule has 0 unspecified atom stereocenters. The standard InChI is InChI=1S/C25H23F2N3O3S.ClH/c26-19-14-21(27)24-22(15-19)34-25(28-24)30(8-7-29-9-11-32-12-10-29)23(31)16-33-20-6-5-17-3-1-2-4-18(17)13-20;/h1-6,13-15H,7-12,16H2;1H. The minimum Gasteiger partial charge on any atom is -0.484 e. The molecule has 1 fully saturated rings. The second-order valence-electron chi connectivity index (χ2n) is 8.03.